The summed E-state index contributed by atoms with van der Waals surface area (Å²) in [6.45, 7) is 4.69. The number of carbonyl (C=O) groups excluding carboxylic acids is 1. The quantitative estimate of drug-likeness (QED) is 0.575. The molecule has 2 aliphatic rings. The van der Waals surface area contributed by atoms with Crippen LogP contribution in [0.15, 0.2) is 35.4 Å². The molecule has 0 radical (unpaired) electrons. The highest BCUT2D eigenvalue weighted by Gasteiger charge is 2.28. The van der Waals surface area contributed by atoms with E-state index in [1.165, 1.54) is 17.8 Å². The number of benzene rings is 1. The molecule has 7 nitrogen and oxygen atoms in total. The van der Waals surface area contributed by atoms with Crippen LogP contribution >= 0.6 is 11.3 Å². The van der Waals surface area contributed by atoms with Crippen LogP contribution in [0.4, 0.5) is 5.69 Å². The van der Waals surface area contributed by atoms with E-state index < -0.39 is 0 Å². The molecule has 5 rings (SSSR count). The van der Waals surface area contributed by atoms with Gasteiger partial charge in [-0.05, 0) is 31.9 Å². The van der Waals surface area contributed by atoms with Gasteiger partial charge in [-0.1, -0.05) is 25.3 Å². The Balaban J connectivity index is 1.36. The Morgan fingerprint density at radius 3 is 2.61 bits per heavy atom. The van der Waals surface area contributed by atoms with Crippen LogP contribution in [0.25, 0.3) is 10.2 Å². The first-order chi connectivity index (χ1) is 16.1. The molecule has 1 amide bonds. The molecule has 0 atom stereocenters. The molecule has 8 heteroatoms. The molecule has 0 unspecified atom stereocenters. The Kier molecular flexibility index (Phi) is 6.10. The Bertz CT molecular complexity index is 1220. The largest absolute Gasteiger partial charge is 0.497 e. The molecule has 1 aliphatic carbocycles. The summed E-state index contributed by atoms with van der Waals surface area (Å²) in [6, 6.07) is 8.24. The summed E-state index contributed by atoms with van der Waals surface area (Å²) in [5.41, 5.74) is 2.26. The van der Waals surface area contributed by atoms with Crippen LogP contribution in [0, 0.1) is 6.92 Å². The lowest BCUT2D eigenvalue weighted by molar-refractivity contribution is 0.0748. The molecular formula is C25H30N4O3S. The SMILES string of the molecule is COc1cccc(N2CCN(C(=O)c3c(C)sc4c(=O)n(C5CCCCC5)cnc34)CC2)c1. The zero-order valence-electron chi connectivity index (χ0n) is 19.2. The van der Waals surface area contributed by atoms with Crippen molar-refractivity contribution in [1.82, 2.24) is 14.5 Å². The first-order valence-corrected chi connectivity index (χ1v) is 12.6. The highest BCUT2D eigenvalue weighted by atomic mass is 32.1. The van der Waals surface area contributed by atoms with Crippen molar-refractivity contribution in [2.45, 2.75) is 45.1 Å². The molecule has 3 aromatic rings. The van der Waals surface area contributed by atoms with Gasteiger partial charge in [-0.2, -0.15) is 0 Å². The Labute approximate surface area is 197 Å². The normalized spacial score (nSPS) is 17.5. The summed E-state index contributed by atoms with van der Waals surface area (Å²) in [4.78, 5) is 36.4. The van der Waals surface area contributed by atoms with E-state index in [0.717, 1.165) is 55.1 Å². The number of methoxy groups -OCH3 is 1. The van der Waals surface area contributed by atoms with Crippen LogP contribution in [0.1, 0.15) is 53.4 Å². The van der Waals surface area contributed by atoms with E-state index in [2.05, 4.69) is 16.0 Å². The van der Waals surface area contributed by atoms with Crippen molar-refractivity contribution in [3.63, 3.8) is 0 Å². The molecular weight excluding hydrogens is 436 g/mol. The maximum absolute atomic E-state index is 13.5. The minimum Gasteiger partial charge on any atom is -0.497 e. The second-order valence-corrected chi connectivity index (χ2v) is 10.2. The minimum atomic E-state index is -0.0219. The average molecular weight is 467 g/mol. The number of fused-ring (bicyclic) bond motifs is 1. The summed E-state index contributed by atoms with van der Waals surface area (Å²) in [5.74, 6) is 0.808. The van der Waals surface area contributed by atoms with Gasteiger partial charge in [-0.3, -0.25) is 14.2 Å². The Morgan fingerprint density at radius 2 is 1.88 bits per heavy atom. The van der Waals surface area contributed by atoms with Crippen LogP contribution in [0.5, 0.6) is 5.75 Å². The maximum atomic E-state index is 13.5. The van der Waals surface area contributed by atoms with Crippen LogP contribution in [0.2, 0.25) is 0 Å². The predicted molar refractivity (Wildman–Crippen MR) is 132 cm³/mol. The van der Waals surface area contributed by atoms with Crippen LogP contribution in [-0.4, -0.2) is 53.6 Å². The van der Waals surface area contributed by atoms with Crippen molar-refractivity contribution in [3.05, 3.63) is 51.4 Å². The van der Waals surface area contributed by atoms with Gasteiger partial charge in [-0.15, -0.1) is 11.3 Å². The lowest BCUT2D eigenvalue weighted by atomic mass is 9.95. The van der Waals surface area contributed by atoms with E-state index in [4.69, 9.17) is 4.74 Å². The Hall–Kier alpha value is -2.87. The molecule has 1 aromatic carbocycles. The summed E-state index contributed by atoms with van der Waals surface area (Å²) >= 11 is 1.41. The number of aryl methyl sites for hydroxylation is 1. The molecule has 0 bridgehead atoms. The third-order valence-corrected chi connectivity index (χ3v) is 8.05. The average Bonchev–Trinajstić information content (AvgIpc) is 3.21. The summed E-state index contributed by atoms with van der Waals surface area (Å²) in [7, 11) is 1.67. The van der Waals surface area contributed by atoms with E-state index in [1.54, 1.807) is 18.0 Å². The second-order valence-electron chi connectivity index (χ2n) is 8.94. The van der Waals surface area contributed by atoms with Crippen molar-refractivity contribution in [2.24, 2.45) is 0 Å². The third-order valence-electron chi connectivity index (χ3n) is 6.97. The van der Waals surface area contributed by atoms with E-state index in [9.17, 15) is 9.59 Å². The number of hydrogen-bond acceptors (Lipinski definition) is 6. The lowest BCUT2D eigenvalue weighted by Crippen LogP contribution is -2.48. The number of thiophene rings is 1. The van der Waals surface area contributed by atoms with Gasteiger partial charge in [-0.25, -0.2) is 4.98 Å². The number of amides is 1. The number of ether oxygens (including phenoxy) is 1. The number of carbonyl (C=O) groups is 1. The number of nitrogens with zero attached hydrogens (tertiary/aromatic N) is 4. The molecule has 3 heterocycles. The summed E-state index contributed by atoms with van der Waals surface area (Å²) in [6.07, 6.45) is 7.28. The molecule has 1 saturated carbocycles. The first-order valence-electron chi connectivity index (χ1n) is 11.8. The summed E-state index contributed by atoms with van der Waals surface area (Å²) < 4.78 is 7.75. The fraction of sp³-hybridized carbons (Fsp3) is 0.480. The number of piperazine rings is 1. The monoisotopic (exact) mass is 466 g/mol. The van der Waals surface area contributed by atoms with E-state index in [1.807, 2.05) is 30.0 Å². The standard InChI is InChI=1S/C25H30N4O3S/c1-17-21(22-23(33-17)25(31)29(16-26-22)18-7-4-3-5-8-18)24(30)28-13-11-27(12-14-28)19-9-6-10-20(15-19)32-2/h6,9-10,15-16,18H,3-5,7-8,11-14H2,1-2H3. The van der Waals surface area contributed by atoms with E-state index in [-0.39, 0.29) is 17.5 Å². The molecule has 0 spiro atoms. The molecule has 0 N–H and O–H groups in total. The van der Waals surface area contributed by atoms with Gasteiger partial charge in [0.1, 0.15) is 16.0 Å². The zero-order valence-corrected chi connectivity index (χ0v) is 20.1. The lowest BCUT2D eigenvalue weighted by Gasteiger charge is -2.36. The van der Waals surface area contributed by atoms with Crippen molar-refractivity contribution in [2.75, 3.05) is 38.2 Å². The molecule has 2 aromatic heterocycles. The topological polar surface area (TPSA) is 67.7 Å². The van der Waals surface area contributed by atoms with Crippen LogP contribution < -0.4 is 15.2 Å². The zero-order chi connectivity index (χ0) is 22.9. The molecule has 1 saturated heterocycles. The van der Waals surface area contributed by atoms with Gasteiger partial charge >= 0.3 is 0 Å². The van der Waals surface area contributed by atoms with Gasteiger partial charge in [0, 0.05) is 48.9 Å². The van der Waals surface area contributed by atoms with Gasteiger partial charge in [0.2, 0.25) is 0 Å². The molecule has 2 fully saturated rings. The molecule has 33 heavy (non-hydrogen) atoms. The predicted octanol–water partition coefficient (Wildman–Crippen LogP) is 4.24. The third kappa shape index (κ3) is 4.12. The number of aromatic nitrogens is 2. The first kappa shape index (κ1) is 21.9. The van der Waals surface area contributed by atoms with Crippen molar-refractivity contribution < 1.29 is 9.53 Å². The maximum Gasteiger partial charge on any atom is 0.271 e. The van der Waals surface area contributed by atoms with Crippen LogP contribution in [0.3, 0.4) is 0 Å². The van der Waals surface area contributed by atoms with Gasteiger partial charge in [0.05, 0.1) is 19.0 Å². The van der Waals surface area contributed by atoms with Crippen molar-refractivity contribution in [3.8, 4) is 5.75 Å². The highest BCUT2D eigenvalue weighted by molar-refractivity contribution is 7.19. The fourth-order valence-electron chi connectivity index (χ4n) is 5.09. The minimum absolute atomic E-state index is 0.00175. The smallest absolute Gasteiger partial charge is 0.271 e. The van der Waals surface area contributed by atoms with Crippen molar-refractivity contribution >= 4 is 33.1 Å². The second kappa shape index (κ2) is 9.17. The number of rotatable bonds is 4. The fourth-order valence-corrected chi connectivity index (χ4v) is 6.13. The summed E-state index contributed by atoms with van der Waals surface area (Å²) in [5, 5.41) is 0. The van der Waals surface area contributed by atoms with Gasteiger partial charge in [0.15, 0.2) is 0 Å². The van der Waals surface area contributed by atoms with Gasteiger partial charge in [0.25, 0.3) is 11.5 Å². The Morgan fingerprint density at radius 1 is 1.12 bits per heavy atom. The molecule has 174 valence electrons. The van der Waals surface area contributed by atoms with Crippen molar-refractivity contribution in [1.29, 1.82) is 0 Å². The molecule has 1 aliphatic heterocycles. The number of hydrogen-bond donors (Lipinski definition) is 0. The van der Waals surface area contributed by atoms with Crippen LogP contribution in [-0.2, 0) is 0 Å². The van der Waals surface area contributed by atoms with E-state index in [0.29, 0.717) is 28.9 Å². The highest BCUT2D eigenvalue weighted by Crippen LogP contribution is 2.31. The number of anilines is 1. The van der Waals surface area contributed by atoms with Gasteiger partial charge < -0.3 is 14.5 Å². The van der Waals surface area contributed by atoms with E-state index >= 15 is 0 Å².